The number of aromatic nitrogens is 2. The summed E-state index contributed by atoms with van der Waals surface area (Å²) in [5.74, 6) is -0.263. The molecule has 0 spiro atoms. The molecule has 2 aromatic rings. The molecule has 0 radical (unpaired) electrons. The lowest BCUT2D eigenvalue weighted by atomic mass is 10.1. The second-order valence-electron chi connectivity index (χ2n) is 6.31. The predicted molar refractivity (Wildman–Crippen MR) is 100 cm³/mol. The molecule has 6 N–H and O–H groups in total. The number of nitrogens with one attached hydrogen (secondary N) is 4. The molecule has 1 fully saturated rings. The Kier molecular flexibility index (Phi) is 5.46. The minimum absolute atomic E-state index is 0.0928. The highest BCUT2D eigenvalue weighted by atomic mass is 79.9. The number of halogens is 2. The second-order valence-corrected chi connectivity index (χ2v) is 8.54. The van der Waals surface area contributed by atoms with Gasteiger partial charge in [0.15, 0.2) is 11.5 Å². The standard InChI is InChI=1S/C14H17BrFN7O3S/c15-9-5-8(1-2-10(9)16)21-12(17)11-13(23-26-22-11)19-6-14(3-4-14)7-20-27(18,24)25/h1-2,5,20H,3-4,6-7H2,(H2,17,21)(H,19,23)(H2,18,24,25). The van der Waals surface area contributed by atoms with Crippen molar-refractivity contribution in [3.63, 3.8) is 0 Å². The van der Waals surface area contributed by atoms with Gasteiger partial charge < -0.3 is 10.6 Å². The fraction of sp³-hybridized carbons (Fsp3) is 0.357. The molecule has 0 aliphatic heterocycles. The van der Waals surface area contributed by atoms with Gasteiger partial charge in [-0.1, -0.05) is 0 Å². The lowest BCUT2D eigenvalue weighted by molar-refractivity contribution is 0.307. The number of amidine groups is 1. The van der Waals surface area contributed by atoms with Crippen LogP contribution in [0, 0.1) is 16.6 Å². The van der Waals surface area contributed by atoms with Gasteiger partial charge >= 0.3 is 0 Å². The van der Waals surface area contributed by atoms with Gasteiger partial charge in [0.2, 0.25) is 5.82 Å². The van der Waals surface area contributed by atoms with Gasteiger partial charge in [0, 0.05) is 24.2 Å². The van der Waals surface area contributed by atoms with Crippen molar-refractivity contribution in [2.24, 2.45) is 10.6 Å². The zero-order valence-electron chi connectivity index (χ0n) is 13.9. The van der Waals surface area contributed by atoms with E-state index < -0.39 is 16.0 Å². The summed E-state index contributed by atoms with van der Waals surface area (Å²) in [5.41, 5.74) is 0.365. The average Bonchev–Trinajstić information content (AvgIpc) is 3.21. The molecule has 1 aliphatic carbocycles. The average molecular weight is 462 g/mol. The molecule has 1 aromatic carbocycles. The number of hydrogen-bond donors (Lipinski definition) is 5. The van der Waals surface area contributed by atoms with Gasteiger partial charge in [-0.05, 0) is 57.3 Å². The van der Waals surface area contributed by atoms with E-state index in [1.165, 1.54) is 18.2 Å². The normalized spacial score (nSPS) is 15.4. The summed E-state index contributed by atoms with van der Waals surface area (Å²) in [4.78, 5) is 0. The Balaban J connectivity index is 1.62. The van der Waals surface area contributed by atoms with E-state index in [-0.39, 0.29) is 33.8 Å². The first kappa shape index (κ1) is 19.7. The van der Waals surface area contributed by atoms with E-state index in [4.69, 9.17) is 15.2 Å². The number of benzene rings is 1. The van der Waals surface area contributed by atoms with Crippen LogP contribution in [-0.4, -0.2) is 37.7 Å². The Morgan fingerprint density at radius 1 is 1.37 bits per heavy atom. The maximum absolute atomic E-state index is 13.3. The Labute approximate surface area is 162 Å². The molecule has 0 amide bonds. The van der Waals surface area contributed by atoms with Gasteiger partial charge in [0.25, 0.3) is 10.2 Å². The molecule has 27 heavy (non-hydrogen) atoms. The zero-order valence-corrected chi connectivity index (χ0v) is 16.3. The maximum Gasteiger partial charge on any atom is 0.274 e. The van der Waals surface area contributed by atoms with Gasteiger partial charge in [-0.25, -0.2) is 18.9 Å². The Hall–Kier alpha value is -2.09. The van der Waals surface area contributed by atoms with Crippen molar-refractivity contribution in [3.05, 3.63) is 34.2 Å². The van der Waals surface area contributed by atoms with E-state index in [9.17, 15) is 12.8 Å². The molecular weight excluding hydrogens is 445 g/mol. The van der Waals surface area contributed by atoms with Crippen LogP contribution in [-0.2, 0) is 10.2 Å². The first-order valence-electron chi connectivity index (χ1n) is 7.82. The van der Waals surface area contributed by atoms with Gasteiger partial charge in [-0.15, -0.1) is 0 Å². The third-order valence-corrected chi connectivity index (χ3v) is 5.30. The van der Waals surface area contributed by atoms with E-state index in [0.29, 0.717) is 12.2 Å². The number of hydrogen-bond acceptors (Lipinski definition) is 7. The van der Waals surface area contributed by atoms with Crippen LogP contribution in [0.4, 0.5) is 15.9 Å². The minimum atomic E-state index is -3.75. The molecule has 146 valence electrons. The summed E-state index contributed by atoms with van der Waals surface area (Å²) < 4.78 is 42.7. The highest BCUT2D eigenvalue weighted by molar-refractivity contribution is 9.10. The molecule has 1 aliphatic rings. The smallest absolute Gasteiger partial charge is 0.274 e. The summed E-state index contributed by atoms with van der Waals surface area (Å²) in [6, 6.07) is 4.23. The van der Waals surface area contributed by atoms with Crippen LogP contribution in [0.25, 0.3) is 0 Å². The number of nitrogens with two attached hydrogens (primary N) is 1. The number of anilines is 2. The van der Waals surface area contributed by atoms with Crippen molar-refractivity contribution in [1.29, 1.82) is 5.41 Å². The quantitative estimate of drug-likeness (QED) is 0.293. The number of nitrogens with zero attached hydrogens (tertiary/aromatic N) is 2. The van der Waals surface area contributed by atoms with Crippen molar-refractivity contribution in [2.45, 2.75) is 12.8 Å². The lowest BCUT2D eigenvalue weighted by Crippen LogP contribution is -2.37. The summed E-state index contributed by atoms with van der Waals surface area (Å²) >= 11 is 3.08. The molecule has 0 atom stereocenters. The Morgan fingerprint density at radius 2 is 2.11 bits per heavy atom. The van der Waals surface area contributed by atoms with Crippen molar-refractivity contribution in [2.75, 3.05) is 23.7 Å². The third-order valence-electron chi connectivity index (χ3n) is 4.15. The molecular formula is C14H17BrFN7O3S. The zero-order chi connectivity index (χ0) is 19.7. The third kappa shape index (κ3) is 5.22. The highest BCUT2D eigenvalue weighted by Gasteiger charge is 2.43. The molecule has 1 saturated carbocycles. The van der Waals surface area contributed by atoms with Crippen LogP contribution in [0.3, 0.4) is 0 Å². The molecule has 0 saturated heterocycles. The summed E-state index contributed by atoms with van der Waals surface area (Å²) in [5, 5.41) is 26.3. The molecule has 3 rings (SSSR count). The molecule has 1 heterocycles. The highest BCUT2D eigenvalue weighted by Crippen LogP contribution is 2.45. The molecule has 0 bridgehead atoms. The lowest BCUT2D eigenvalue weighted by Gasteiger charge is -2.16. The molecule has 1 aromatic heterocycles. The van der Waals surface area contributed by atoms with Crippen LogP contribution >= 0.6 is 15.9 Å². The van der Waals surface area contributed by atoms with Crippen molar-refractivity contribution in [1.82, 2.24) is 15.0 Å². The topological polar surface area (TPSA) is 159 Å². The van der Waals surface area contributed by atoms with E-state index in [1.807, 2.05) is 0 Å². The van der Waals surface area contributed by atoms with Crippen molar-refractivity contribution in [3.8, 4) is 0 Å². The van der Waals surface area contributed by atoms with Crippen molar-refractivity contribution < 1.29 is 17.4 Å². The predicted octanol–water partition coefficient (Wildman–Crippen LogP) is 1.39. The molecule has 10 nitrogen and oxygen atoms in total. The fourth-order valence-electron chi connectivity index (χ4n) is 2.36. The Morgan fingerprint density at radius 3 is 2.74 bits per heavy atom. The summed E-state index contributed by atoms with van der Waals surface area (Å²) in [7, 11) is -3.75. The van der Waals surface area contributed by atoms with Gasteiger partial charge in [0.05, 0.1) is 4.47 Å². The number of rotatable bonds is 8. The van der Waals surface area contributed by atoms with Crippen molar-refractivity contribution >= 4 is 43.5 Å². The minimum Gasteiger partial charge on any atom is -0.365 e. The van der Waals surface area contributed by atoms with Gasteiger partial charge in [0.1, 0.15) is 5.82 Å². The Bertz CT molecular complexity index is 961. The molecule has 13 heteroatoms. The maximum atomic E-state index is 13.3. The van der Waals surface area contributed by atoms with E-state index >= 15 is 0 Å². The largest absolute Gasteiger partial charge is 0.365 e. The van der Waals surface area contributed by atoms with E-state index in [1.54, 1.807) is 0 Å². The van der Waals surface area contributed by atoms with Crippen LogP contribution in [0.15, 0.2) is 27.3 Å². The van der Waals surface area contributed by atoms with Crippen LogP contribution in [0.5, 0.6) is 0 Å². The second kappa shape index (κ2) is 7.50. The SMILES string of the molecule is N=C(Nc1ccc(F)c(Br)c1)c1nonc1NCC1(CNS(N)(=O)=O)CC1. The summed E-state index contributed by atoms with van der Waals surface area (Å²) in [6.45, 7) is 0.616. The van der Waals surface area contributed by atoms with Crippen LogP contribution < -0.4 is 20.5 Å². The first-order valence-corrected chi connectivity index (χ1v) is 10.2. The van der Waals surface area contributed by atoms with Gasteiger partial charge in [-0.3, -0.25) is 5.41 Å². The van der Waals surface area contributed by atoms with Crippen LogP contribution in [0.1, 0.15) is 18.5 Å². The molecule has 0 unspecified atom stereocenters. The van der Waals surface area contributed by atoms with Gasteiger partial charge in [-0.2, -0.15) is 8.42 Å². The monoisotopic (exact) mass is 461 g/mol. The van der Waals surface area contributed by atoms with Crippen LogP contribution in [0.2, 0.25) is 0 Å². The van der Waals surface area contributed by atoms with E-state index in [0.717, 1.165) is 12.8 Å². The fourth-order valence-corrected chi connectivity index (χ4v) is 3.25. The summed E-state index contributed by atoms with van der Waals surface area (Å²) in [6.07, 6.45) is 1.64. The van der Waals surface area contributed by atoms with E-state index in [2.05, 4.69) is 41.6 Å². The first-order chi connectivity index (χ1) is 12.7.